The topological polar surface area (TPSA) is 51.8 Å². The lowest BCUT2D eigenvalue weighted by atomic mass is 10.0. The molecule has 1 unspecified atom stereocenters. The molecule has 1 atom stereocenters. The van der Waals surface area contributed by atoms with Crippen molar-refractivity contribution in [1.82, 2.24) is 9.59 Å². The van der Waals surface area contributed by atoms with Gasteiger partial charge in [0.2, 0.25) is 0 Å². The summed E-state index contributed by atoms with van der Waals surface area (Å²) in [6.07, 6.45) is 0.532. The number of halogens is 2. The first-order valence-electron chi connectivity index (χ1n) is 4.63. The number of rotatable bonds is 3. The average Bonchev–Trinajstić information content (AvgIpc) is 2.76. The molecule has 0 fully saturated rings. The van der Waals surface area contributed by atoms with Crippen LogP contribution in [0.1, 0.15) is 17.3 Å². The molecule has 0 spiro atoms. The lowest BCUT2D eigenvalue weighted by Gasteiger charge is -2.09. The molecule has 0 amide bonds. The maximum atomic E-state index is 13.1. The lowest BCUT2D eigenvalue weighted by Crippen LogP contribution is -2.14. The summed E-state index contributed by atoms with van der Waals surface area (Å²) < 4.78 is 17.7. The van der Waals surface area contributed by atoms with E-state index in [9.17, 15) is 4.39 Å². The zero-order valence-corrected chi connectivity index (χ0v) is 10.6. The Kier molecular flexibility index (Phi) is 3.63. The van der Waals surface area contributed by atoms with Crippen molar-refractivity contribution >= 4 is 27.5 Å². The fourth-order valence-electron chi connectivity index (χ4n) is 1.37. The maximum absolute atomic E-state index is 13.1. The van der Waals surface area contributed by atoms with E-state index in [2.05, 4.69) is 25.5 Å². The quantitative estimate of drug-likeness (QED) is 0.948. The molecular formula is C10H9BrFN3S. The Labute approximate surface area is 105 Å². The number of hydrogen-bond donors (Lipinski definition) is 1. The van der Waals surface area contributed by atoms with Gasteiger partial charge in [-0.05, 0) is 41.7 Å². The highest BCUT2D eigenvalue weighted by Crippen LogP contribution is 2.22. The Bertz CT molecular complexity index is 475. The van der Waals surface area contributed by atoms with E-state index in [-0.39, 0.29) is 11.9 Å². The van der Waals surface area contributed by atoms with Crippen molar-refractivity contribution in [1.29, 1.82) is 0 Å². The van der Waals surface area contributed by atoms with Crippen LogP contribution in [0.4, 0.5) is 4.39 Å². The third-order valence-corrected chi connectivity index (χ3v) is 3.50. The zero-order chi connectivity index (χ0) is 11.5. The second kappa shape index (κ2) is 4.99. The average molecular weight is 302 g/mol. The van der Waals surface area contributed by atoms with Gasteiger partial charge in [0.05, 0.1) is 11.7 Å². The Hall–Kier alpha value is -0.850. The molecule has 0 aliphatic rings. The van der Waals surface area contributed by atoms with E-state index in [4.69, 9.17) is 5.73 Å². The van der Waals surface area contributed by atoms with Crippen molar-refractivity contribution < 1.29 is 4.39 Å². The number of hydrogen-bond acceptors (Lipinski definition) is 4. The number of nitrogens with two attached hydrogens (primary N) is 1. The molecule has 16 heavy (non-hydrogen) atoms. The second-order valence-corrected chi connectivity index (χ2v) is 4.84. The maximum Gasteiger partial charge on any atom is 0.123 e. The first kappa shape index (κ1) is 11.6. The van der Waals surface area contributed by atoms with Gasteiger partial charge in [-0.25, -0.2) is 4.39 Å². The van der Waals surface area contributed by atoms with Crippen LogP contribution in [0.5, 0.6) is 0 Å². The largest absolute Gasteiger partial charge is 0.322 e. The molecule has 0 radical (unpaired) electrons. The highest BCUT2D eigenvalue weighted by molar-refractivity contribution is 9.10. The molecule has 0 bridgehead atoms. The fraction of sp³-hybridized carbons (Fsp3) is 0.200. The fourth-order valence-corrected chi connectivity index (χ4v) is 2.30. The molecule has 2 rings (SSSR count). The van der Waals surface area contributed by atoms with Gasteiger partial charge in [0.25, 0.3) is 0 Å². The van der Waals surface area contributed by atoms with E-state index in [1.54, 1.807) is 11.4 Å². The van der Waals surface area contributed by atoms with Crippen LogP contribution in [-0.2, 0) is 6.42 Å². The molecule has 2 aromatic rings. The molecule has 0 saturated carbocycles. The van der Waals surface area contributed by atoms with Crippen molar-refractivity contribution in [2.45, 2.75) is 12.5 Å². The minimum absolute atomic E-state index is 0.253. The van der Waals surface area contributed by atoms with Crippen LogP contribution in [0.3, 0.4) is 0 Å². The summed E-state index contributed by atoms with van der Waals surface area (Å²) in [6, 6.07) is 4.31. The van der Waals surface area contributed by atoms with Gasteiger partial charge in [-0.1, -0.05) is 20.4 Å². The Morgan fingerprint density at radius 2 is 2.31 bits per heavy atom. The van der Waals surface area contributed by atoms with Crippen LogP contribution < -0.4 is 5.73 Å². The molecule has 0 saturated heterocycles. The van der Waals surface area contributed by atoms with Gasteiger partial charge >= 0.3 is 0 Å². The van der Waals surface area contributed by atoms with E-state index in [0.717, 1.165) is 15.7 Å². The Morgan fingerprint density at radius 1 is 1.50 bits per heavy atom. The normalized spacial score (nSPS) is 12.7. The SMILES string of the molecule is NC(Cc1cc(F)ccc1Br)c1csnn1. The highest BCUT2D eigenvalue weighted by atomic mass is 79.9. The van der Waals surface area contributed by atoms with Gasteiger partial charge < -0.3 is 5.73 Å². The van der Waals surface area contributed by atoms with E-state index in [0.29, 0.717) is 6.42 Å². The highest BCUT2D eigenvalue weighted by Gasteiger charge is 2.12. The Balaban J connectivity index is 2.17. The molecular weight excluding hydrogens is 293 g/mol. The standard InChI is InChI=1S/C10H9BrFN3S/c11-8-2-1-7(12)3-6(8)4-9(13)10-5-16-15-14-10/h1-3,5,9H,4,13H2. The summed E-state index contributed by atoms with van der Waals surface area (Å²) in [5, 5.41) is 5.70. The summed E-state index contributed by atoms with van der Waals surface area (Å²) in [7, 11) is 0. The van der Waals surface area contributed by atoms with Crippen LogP contribution in [0.2, 0.25) is 0 Å². The van der Waals surface area contributed by atoms with Crippen molar-refractivity contribution in [3.05, 3.63) is 45.1 Å². The molecule has 1 heterocycles. The molecule has 1 aromatic heterocycles. The van der Waals surface area contributed by atoms with Crippen molar-refractivity contribution in [3.63, 3.8) is 0 Å². The molecule has 3 nitrogen and oxygen atoms in total. The van der Waals surface area contributed by atoms with Gasteiger partial charge in [0.1, 0.15) is 5.82 Å². The number of nitrogens with zero attached hydrogens (tertiary/aromatic N) is 2. The van der Waals surface area contributed by atoms with Gasteiger partial charge in [-0.15, -0.1) is 5.10 Å². The first-order valence-corrected chi connectivity index (χ1v) is 6.26. The van der Waals surface area contributed by atoms with E-state index < -0.39 is 0 Å². The lowest BCUT2D eigenvalue weighted by molar-refractivity contribution is 0.620. The summed E-state index contributed by atoms with van der Waals surface area (Å²) in [6.45, 7) is 0. The summed E-state index contributed by atoms with van der Waals surface area (Å²) in [5.74, 6) is -0.262. The first-order chi connectivity index (χ1) is 7.66. The van der Waals surface area contributed by atoms with Gasteiger partial charge in [0, 0.05) is 9.85 Å². The van der Waals surface area contributed by atoms with Gasteiger partial charge in [-0.2, -0.15) is 0 Å². The predicted molar refractivity (Wildman–Crippen MR) is 64.6 cm³/mol. The van der Waals surface area contributed by atoms with Crippen molar-refractivity contribution in [2.75, 3.05) is 0 Å². The van der Waals surface area contributed by atoms with Crippen LogP contribution in [-0.4, -0.2) is 9.59 Å². The van der Waals surface area contributed by atoms with Crippen LogP contribution in [0.15, 0.2) is 28.1 Å². The van der Waals surface area contributed by atoms with E-state index in [1.165, 1.54) is 23.7 Å². The Morgan fingerprint density at radius 3 is 3.00 bits per heavy atom. The van der Waals surface area contributed by atoms with Crippen molar-refractivity contribution in [3.8, 4) is 0 Å². The van der Waals surface area contributed by atoms with E-state index in [1.807, 2.05) is 0 Å². The molecule has 0 aliphatic carbocycles. The molecule has 1 aromatic carbocycles. The van der Waals surface area contributed by atoms with Crippen LogP contribution in [0.25, 0.3) is 0 Å². The smallest absolute Gasteiger partial charge is 0.123 e. The van der Waals surface area contributed by atoms with Crippen LogP contribution in [0, 0.1) is 5.82 Å². The summed E-state index contributed by atoms with van der Waals surface area (Å²) in [4.78, 5) is 0. The number of benzene rings is 1. The predicted octanol–water partition coefficient (Wildman–Crippen LogP) is 2.68. The monoisotopic (exact) mass is 301 g/mol. The van der Waals surface area contributed by atoms with Gasteiger partial charge in [0.15, 0.2) is 0 Å². The minimum atomic E-state index is -0.262. The van der Waals surface area contributed by atoms with Gasteiger partial charge in [-0.3, -0.25) is 0 Å². The minimum Gasteiger partial charge on any atom is -0.322 e. The zero-order valence-electron chi connectivity index (χ0n) is 8.23. The van der Waals surface area contributed by atoms with Crippen LogP contribution >= 0.6 is 27.5 Å². The molecule has 2 N–H and O–H groups in total. The van der Waals surface area contributed by atoms with Crippen molar-refractivity contribution in [2.24, 2.45) is 5.73 Å². The summed E-state index contributed by atoms with van der Waals surface area (Å²) >= 11 is 4.63. The summed E-state index contributed by atoms with van der Waals surface area (Å²) in [5.41, 5.74) is 7.52. The number of aromatic nitrogens is 2. The molecule has 84 valence electrons. The van der Waals surface area contributed by atoms with E-state index >= 15 is 0 Å². The third kappa shape index (κ3) is 2.63. The molecule has 6 heteroatoms. The third-order valence-electron chi connectivity index (χ3n) is 2.20. The molecule has 0 aliphatic heterocycles. The second-order valence-electron chi connectivity index (χ2n) is 3.38.